The number of benzene rings is 2. The summed E-state index contributed by atoms with van der Waals surface area (Å²) in [5, 5.41) is 5.39. The van der Waals surface area contributed by atoms with E-state index in [1.165, 1.54) is 16.3 Å². The maximum atomic E-state index is 12.6. The zero-order valence-electron chi connectivity index (χ0n) is 16.3. The van der Waals surface area contributed by atoms with E-state index in [4.69, 9.17) is 4.74 Å². The van der Waals surface area contributed by atoms with Gasteiger partial charge in [0.05, 0.1) is 0 Å². The number of hydrogen-bond acceptors (Lipinski definition) is 3. The molecule has 0 aromatic heterocycles. The Morgan fingerprint density at radius 2 is 1.89 bits per heavy atom. The number of nitrogens with one attached hydrogen (secondary N) is 1. The molecule has 1 N–H and O–H groups in total. The third kappa shape index (κ3) is 5.00. The third-order valence-corrected chi connectivity index (χ3v) is 4.71. The molecule has 5 nitrogen and oxygen atoms in total. The average molecular weight is 368 g/mol. The molecule has 2 aromatic rings. The summed E-state index contributed by atoms with van der Waals surface area (Å²) in [4.78, 5) is 26.4. The van der Waals surface area contributed by atoms with E-state index >= 15 is 0 Å². The van der Waals surface area contributed by atoms with Gasteiger partial charge >= 0.3 is 6.09 Å². The van der Waals surface area contributed by atoms with Crippen LogP contribution in [0.4, 0.5) is 4.79 Å². The van der Waals surface area contributed by atoms with E-state index in [0.29, 0.717) is 19.5 Å². The molecule has 1 aliphatic rings. The highest BCUT2D eigenvalue weighted by molar-refractivity contribution is 5.86. The van der Waals surface area contributed by atoms with Crippen molar-refractivity contribution < 1.29 is 14.3 Å². The molecule has 0 radical (unpaired) electrons. The van der Waals surface area contributed by atoms with Crippen LogP contribution >= 0.6 is 0 Å². The van der Waals surface area contributed by atoms with Crippen LogP contribution in [0.1, 0.15) is 39.2 Å². The van der Waals surface area contributed by atoms with Crippen molar-refractivity contribution in [1.82, 2.24) is 10.2 Å². The maximum Gasteiger partial charge on any atom is 0.410 e. The molecule has 3 rings (SSSR count). The lowest BCUT2D eigenvalue weighted by molar-refractivity contribution is -0.125. The Morgan fingerprint density at radius 3 is 2.63 bits per heavy atom. The lowest BCUT2D eigenvalue weighted by Crippen LogP contribution is -2.47. The van der Waals surface area contributed by atoms with E-state index in [1.54, 1.807) is 4.90 Å². The van der Waals surface area contributed by atoms with Crippen LogP contribution in [0.25, 0.3) is 10.8 Å². The summed E-state index contributed by atoms with van der Waals surface area (Å²) >= 11 is 0. The van der Waals surface area contributed by atoms with Gasteiger partial charge in [0.25, 0.3) is 0 Å². The summed E-state index contributed by atoms with van der Waals surface area (Å²) in [5.41, 5.74) is 0.626. The predicted molar refractivity (Wildman–Crippen MR) is 107 cm³/mol. The highest BCUT2D eigenvalue weighted by Gasteiger charge is 2.36. The van der Waals surface area contributed by atoms with Gasteiger partial charge in [-0.2, -0.15) is 0 Å². The minimum atomic E-state index is -0.559. The van der Waals surface area contributed by atoms with E-state index in [0.717, 1.165) is 12.8 Å². The van der Waals surface area contributed by atoms with Gasteiger partial charge in [-0.05, 0) is 56.4 Å². The highest BCUT2D eigenvalue weighted by Crippen LogP contribution is 2.21. The first-order chi connectivity index (χ1) is 12.8. The average Bonchev–Trinajstić information content (AvgIpc) is 3.10. The smallest absolute Gasteiger partial charge is 0.410 e. The van der Waals surface area contributed by atoms with Crippen LogP contribution in [0.5, 0.6) is 0 Å². The van der Waals surface area contributed by atoms with Crippen LogP contribution in [-0.2, 0) is 16.0 Å². The van der Waals surface area contributed by atoms with Gasteiger partial charge in [-0.25, -0.2) is 4.79 Å². The Kier molecular flexibility index (Phi) is 5.68. The Hall–Kier alpha value is -2.56. The molecule has 0 aliphatic carbocycles. The van der Waals surface area contributed by atoms with Gasteiger partial charge in [0.1, 0.15) is 11.6 Å². The topological polar surface area (TPSA) is 58.6 Å². The lowest BCUT2D eigenvalue weighted by atomic mass is 10.1. The molecule has 2 amide bonds. The molecule has 1 saturated heterocycles. The second kappa shape index (κ2) is 7.99. The fourth-order valence-corrected chi connectivity index (χ4v) is 3.42. The van der Waals surface area contributed by atoms with Crippen molar-refractivity contribution in [3.63, 3.8) is 0 Å². The molecular weight excluding hydrogens is 340 g/mol. The fraction of sp³-hybridized carbons (Fsp3) is 0.455. The van der Waals surface area contributed by atoms with Gasteiger partial charge in [-0.3, -0.25) is 9.69 Å². The minimum absolute atomic E-state index is 0.0980. The van der Waals surface area contributed by atoms with Gasteiger partial charge < -0.3 is 10.1 Å². The van der Waals surface area contributed by atoms with Crippen molar-refractivity contribution >= 4 is 22.8 Å². The lowest BCUT2D eigenvalue weighted by Gasteiger charge is -2.28. The number of hydrogen-bond donors (Lipinski definition) is 1. The van der Waals surface area contributed by atoms with Crippen LogP contribution < -0.4 is 5.32 Å². The number of ether oxygens (including phenoxy) is 1. The summed E-state index contributed by atoms with van der Waals surface area (Å²) in [6.45, 7) is 6.62. The zero-order valence-corrected chi connectivity index (χ0v) is 16.3. The standard InChI is InChI=1S/C22H28N2O3/c1-22(2,3)27-21(26)24-14-6-9-19(24)20(25)23-13-12-16-10-11-17-7-4-5-8-18(17)15-16/h4-5,7-8,10-11,15,19H,6,9,12-14H2,1-3H3,(H,23,25). The summed E-state index contributed by atoms with van der Waals surface area (Å²) in [6, 6.07) is 14.2. The number of likely N-dealkylation sites (tertiary alicyclic amines) is 1. The van der Waals surface area contributed by atoms with Crippen molar-refractivity contribution in [3.8, 4) is 0 Å². The maximum absolute atomic E-state index is 12.6. The number of nitrogens with zero attached hydrogens (tertiary/aromatic N) is 1. The second-order valence-corrected chi connectivity index (χ2v) is 8.05. The van der Waals surface area contributed by atoms with Gasteiger partial charge in [-0.15, -0.1) is 0 Å². The molecule has 1 fully saturated rings. The van der Waals surface area contributed by atoms with Crippen LogP contribution in [0.2, 0.25) is 0 Å². The van der Waals surface area contributed by atoms with Gasteiger partial charge in [0, 0.05) is 13.1 Å². The number of fused-ring (bicyclic) bond motifs is 1. The molecule has 5 heteroatoms. The molecule has 1 unspecified atom stereocenters. The Bertz CT molecular complexity index is 826. The highest BCUT2D eigenvalue weighted by atomic mass is 16.6. The molecular formula is C22H28N2O3. The van der Waals surface area contributed by atoms with E-state index in [9.17, 15) is 9.59 Å². The summed E-state index contributed by atoms with van der Waals surface area (Å²) in [6.07, 6.45) is 1.85. The molecule has 1 aliphatic heterocycles. The van der Waals surface area contributed by atoms with Gasteiger partial charge in [0.15, 0.2) is 0 Å². The van der Waals surface area contributed by atoms with Crippen LogP contribution in [0.15, 0.2) is 42.5 Å². The third-order valence-electron chi connectivity index (χ3n) is 4.71. The minimum Gasteiger partial charge on any atom is -0.444 e. The molecule has 2 aromatic carbocycles. The summed E-state index contributed by atoms with van der Waals surface area (Å²) < 4.78 is 5.42. The molecule has 144 valence electrons. The predicted octanol–water partition coefficient (Wildman–Crippen LogP) is 3.90. The SMILES string of the molecule is CC(C)(C)OC(=O)N1CCCC1C(=O)NCCc1ccc2ccccc2c1. The second-order valence-electron chi connectivity index (χ2n) is 8.05. The number of carbonyl (C=O) groups excluding carboxylic acids is 2. The Labute approximate surface area is 160 Å². The number of amides is 2. The first-order valence-corrected chi connectivity index (χ1v) is 9.58. The van der Waals surface area contributed by atoms with Crippen LogP contribution in [-0.4, -0.2) is 41.6 Å². The zero-order chi connectivity index (χ0) is 19.4. The van der Waals surface area contributed by atoms with E-state index < -0.39 is 17.7 Å². The van der Waals surface area contributed by atoms with Crippen LogP contribution in [0.3, 0.4) is 0 Å². The first kappa shape index (κ1) is 19.2. The quantitative estimate of drug-likeness (QED) is 0.890. The van der Waals surface area contributed by atoms with Crippen molar-refractivity contribution in [2.45, 2.75) is 51.7 Å². The van der Waals surface area contributed by atoms with E-state index in [1.807, 2.05) is 32.9 Å². The van der Waals surface area contributed by atoms with Crippen molar-refractivity contribution in [2.24, 2.45) is 0 Å². The molecule has 27 heavy (non-hydrogen) atoms. The Morgan fingerprint density at radius 1 is 1.15 bits per heavy atom. The molecule has 0 spiro atoms. The van der Waals surface area contributed by atoms with E-state index in [-0.39, 0.29) is 5.91 Å². The van der Waals surface area contributed by atoms with E-state index in [2.05, 4.69) is 35.6 Å². The molecule has 1 heterocycles. The monoisotopic (exact) mass is 368 g/mol. The normalized spacial score (nSPS) is 17.1. The summed E-state index contributed by atoms with van der Waals surface area (Å²) in [7, 11) is 0. The van der Waals surface area contributed by atoms with Crippen molar-refractivity contribution in [2.75, 3.05) is 13.1 Å². The first-order valence-electron chi connectivity index (χ1n) is 9.58. The molecule has 0 bridgehead atoms. The largest absolute Gasteiger partial charge is 0.444 e. The van der Waals surface area contributed by atoms with Gasteiger partial charge in [-0.1, -0.05) is 42.5 Å². The fourth-order valence-electron chi connectivity index (χ4n) is 3.42. The van der Waals surface area contributed by atoms with Crippen molar-refractivity contribution in [1.29, 1.82) is 0 Å². The van der Waals surface area contributed by atoms with Gasteiger partial charge in [0.2, 0.25) is 5.91 Å². The van der Waals surface area contributed by atoms with Crippen LogP contribution in [0, 0.1) is 0 Å². The number of rotatable bonds is 4. The molecule has 0 saturated carbocycles. The van der Waals surface area contributed by atoms with Crippen molar-refractivity contribution in [3.05, 3.63) is 48.0 Å². The summed E-state index contributed by atoms with van der Waals surface area (Å²) in [5.74, 6) is -0.0980. The number of carbonyl (C=O) groups is 2. The Balaban J connectivity index is 1.54. The molecule has 1 atom stereocenters.